The summed E-state index contributed by atoms with van der Waals surface area (Å²) in [6, 6.07) is 15.6. The summed E-state index contributed by atoms with van der Waals surface area (Å²) in [6.45, 7) is 9.00. The van der Waals surface area contributed by atoms with E-state index in [-0.39, 0.29) is 47.6 Å². The molecule has 0 aromatic heterocycles. The molecule has 6 atom stereocenters. The summed E-state index contributed by atoms with van der Waals surface area (Å²) in [5.41, 5.74) is 2.21. The van der Waals surface area contributed by atoms with Gasteiger partial charge in [0.25, 0.3) is 0 Å². The number of nitrogens with one attached hydrogen (secondary N) is 1. The van der Waals surface area contributed by atoms with Crippen molar-refractivity contribution in [1.82, 2.24) is 10.2 Å². The van der Waals surface area contributed by atoms with Crippen LogP contribution < -0.4 is 5.32 Å². The van der Waals surface area contributed by atoms with Gasteiger partial charge < -0.3 is 10.2 Å². The first-order chi connectivity index (χ1) is 16.8. The molecule has 0 radical (unpaired) electrons. The summed E-state index contributed by atoms with van der Waals surface area (Å²) in [7, 11) is 0. The number of likely N-dealkylation sites (tertiary alicyclic amines) is 1. The molecule has 4 rings (SSSR count). The molecule has 1 N–H and O–H groups in total. The Bertz CT molecular complexity index is 1070. The van der Waals surface area contributed by atoms with E-state index in [0.29, 0.717) is 22.9 Å². The van der Waals surface area contributed by atoms with E-state index in [1.807, 2.05) is 53.4 Å². The molecular formula is C29H34Cl2N2O2. The number of allylic oxidation sites excluding steroid dienone is 1. The van der Waals surface area contributed by atoms with Crippen molar-refractivity contribution in [3.05, 3.63) is 82.4 Å². The van der Waals surface area contributed by atoms with E-state index < -0.39 is 0 Å². The lowest BCUT2D eigenvalue weighted by atomic mass is 9.70. The zero-order valence-electron chi connectivity index (χ0n) is 20.4. The molecule has 3 unspecified atom stereocenters. The van der Waals surface area contributed by atoms with Crippen molar-refractivity contribution in [2.75, 3.05) is 6.54 Å². The Hall–Kier alpha value is -2.30. The highest BCUT2D eigenvalue weighted by Crippen LogP contribution is 2.43. The summed E-state index contributed by atoms with van der Waals surface area (Å²) in [6.07, 6.45) is 4.67. The number of carbonyl (C=O) groups is 2. The summed E-state index contributed by atoms with van der Waals surface area (Å²) in [5.74, 6) is 0.473. The van der Waals surface area contributed by atoms with Crippen LogP contribution in [0.3, 0.4) is 0 Å². The van der Waals surface area contributed by atoms with E-state index in [1.54, 1.807) is 0 Å². The van der Waals surface area contributed by atoms with Crippen LogP contribution in [0.1, 0.15) is 62.6 Å². The van der Waals surface area contributed by atoms with Crippen LogP contribution in [0.5, 0.6) is 0 Å². The fraction of sp³-hybridized carbons (Fsp3) is 0.448. The van der Waals surface area contributed by atoms with Crippen molar-refractivity contribution in [2.24, 2.45) is 17.8 Å². The predicted octanol–water partition coefficient (Wildman–Crippen LogP) is 6.79. The largest absolute Gasteiger partial charge is 0.352 e. The van der Waals surface area contributed by atoms with Gasteiger partial charge in [0, 0.05) is 40.9 Å². The van der Waals surface area contributed by atoms with Gasteiger partial charge in [0.1, 0.15) is 0 Å². The maximum absolute atomic E-state index is 13.1. The highest BCUT2D eigenvalue weighted by atomic mass is 35.5. The first-order valence-electron chi connectivity index (χ1n) is 12.5. The molecule has 186 valence electrons. The number of halogens is 2. The molecule has 2 amide bonds. The van der Waals surface area contributed by atoms with Crippen molar-refractivity contribution in [2.45, 2.75) is 57.5 Å². The minimum absolute atomic E-state index is 0.0764. The van der Waals surface area contributed by atoms with Crippen LogP contribution in [-0.4, -0.2) is 29.3 Å². The maximum Gasteiger partial charge on any atom is 0.223 e. The van der Waals surface area contributed by atoms with Gasteiger partial charge in [-0.1, -0.05) is 67.4 Å². The number of carbonyl (C=O) groups excluding carboxylic acids is 2. The summed E-state index contributed by atoms with van der Waals surface area (Å²) in [5, 5.41) is 4.73. The van der Waals surface area contributed by atoms with E-state index in [0.717, 1.165) is 30.5 Å². The second-order valence-electron chi connectivity index (χ2n) is 10.1. The number of piperidine rings is 1. The lowest BCUT2D eigenvalue weighted by molar-refractivity contribution is -0.133. The first kappa shape index (κ1) is 25.8. The second kappa shape index (κ2) is 11.2. The van der Waals surface area contributed by atoms with E-state index in [4.69, 9.17) is 23.2 Å². The van der Waals surface area contributed by atoms with E-state index >= 15 is 0 Å². The normalized spacial score (nSPS) is 25.1. The van der Waals surface area contributed by atoms with Crippen LogP contribution in [0.2, 0.25) is 10.0 Å². The van der Waals surface area contributed by atoms with Crippen LogP contribution in [0.4, 0.5) is 0 Å². The van der Waals surface area contributed by atoms with Crippen LogP contribution >= 0.6 is 23.2 Å². The number of nitrogens with zero attached hydrogens (tertiary/aromatic N) is 1. The van der Waals surface area contributed by atoms with Gasteiger partial charge in [-0.3, -0.25) is 9.59 Å². The van der Waals surface area contributed by atoms with Gasteiger partial charge in [-0.15, -0.1) is 6.58 Å². The Labute approximate surface area is 218 Å². The Morgan fingerprint density at radius 1 is 1.11 bits per heavy atom. The second-order valence-corrected chi connectivity index (χ2v) is 10.9. The van der Waals surface area contributed by atoms with Crippen LogP contribution in [0.25, 0.3) is 0 Å². The van der Waals surface area contributed by atoms with E-state index in [9.17, 15) is 9.59 Å². The highest BCUT2D eigenvalue weighted by molar-refractivity contribution is 6.30. The van der Waals surface area contributed by atoms with Crippen LogP contribution in [0, 0.1) is 17.8 Å². The third-order valence-electron chi connectivity index (χ3n) is 7.93. The standard InChI is InChI=1S/C29H34Cl2N2O2/c1-4-7-22-17-25(21-8-5-9-24(31)16-21)27(32-29(22)35)18(2)19(3)28(33-15-6-10-26(33)34)20-11-13-23(30)14-12-20/h4-5,8-9,11-14,16,18-19,22,25,27-28H,1,6-7,10,15,17H2,2-3H3,(H,32,35)/t18?,19?,22-,25+,27-,28?/m0/s1. The lowest BCUT2D eigenvalue weighted by Crippen LogP contribution is -2.53. The van der Waals surface area contributed by atoms with E-state index in [1.165, 1.54) is 0 Å². The Balaban J connectivity index is 1.69. The van der Waals surface area contributed by atoms with Gasteiger partial charge in [-0.25, -0.2) is 0 Å². The fourth-order valence-electron chi connectivity index (χ4n) is 5.93. The molecule has 2 heterocycles. The average molecular weight is 514 g/mol. The highest BCUT2D eigenvalue weighted by Gasteiger charge is 2.43. The van der Waals surface area contributed by atoms with Crippen molar-refractivity contribution in [3.8, 4) is 0 Å². The van der Waals surface area contributed by atoms with Gasteiger partial charge in [0.2, 0.25) is 11.8 Å². The lowest BCUT2D eigenvalue weighted by Gasteiger charge is -2.44. The number of hydrogen-bond donors (Lipinski definition) is 1. The molecule has 2 fully saturated rings. The molecule has 2 aliphatic rings. The molecule has 0 bridgehead atoms. The van der Waals surface area contributed by atoms with Crippen LogP contribution in [-0.2, 0) is 9.59 Å². The molecule has 2 aliphatic heterocycles. The molecule has 6 heteroatoms. The molecule has 0 saturated carbocycles. The summed E-state index contributed by atoms with van der Waals surface area (Å²) < 4.78 is 0. The quantitative estimate of drug-likeness (QED) is 0.395. The molecular weight excluding hydrogens is 479 g/mol. The Morgan fingerprint density at radius 2 is 1.86 bits per heavy atom. The average Bonchev–Trinajstić information content (AvgIpc) is 3.26. The van der Waals surface area contributed by atoms with Crippen molar-refractivity contribution in [3.63, 3.8) is 0 Å². The van der Waals surface area contributed by atoms with Gasteiger partial charge in [-0.05, 0) is 66.5 Å². The number of rotatable bonds is 8. The first-order valence-corrected chi connectivity index (χ1v) is 13.3. The topological polar surface area (TPSA) is 49.4 Å². The number of amides is 2. The van der Waals surface area contributed by atoms with Gasteiger partial charge in [-0.2, -0.15) is 0 Å². The SMILES string of the molecule is C=CC[C@H]1C[C@H](c2cccc(Cl)c2)[C@H](C(C)C(C)C(c2ccc(Cl)cc2)N2CCCC2=O)NC1=O. The van der Waals surface area contributed by atoms with E-state index in [2.05, 4.69) is 31.8 Å². The molecule has 4 nitrogen and oxygen atoms in total. The fourth-order valence-corrected chi connectivity index (χ4v) is 6.26. The minimum atomic E-state index is -0.109. The Kier molecular flexibility index (Phi) is 8.23. The van der Waals surface area contributed by atoms with Crippen LogP contribution in [0.15, 0.2) is 61.2 Å². The zero-order chi connectivity index (χ0) is 25.1. The summed E-state index contributed by atoms with van der Waals surface area (Å²) >= 11 is 12.5. The van der Waals surface area contributed by atoms with Crippen molar-refractivity contribution in [1.29, 1.82) is 0 Å². The molecule has 0 spiro atoms. The number of hydrogen-bond acceptors (Lipinski definition) is 2. The Morgan fingerprint density at radius 3 is 2.49 bits per heavy atom. The van der Waals surface area contributed by atoms with Crippen molar-refractivity contribution < 1.29 is 9.59 Å². The molecule has 2 aromatic carbocycles. The van der Waals surface area contributed by atoms with Crippen molar-refractivity contribution >= 4 is 35.0 Å². The summed E-state index contributed by atoms with van der Waals surface area (Å²) in [4.78, 5) is 28.0. The van der Waals surface area contributed by atoms with Gasteiger partial charge >= 0.3 is 0 Å². The minimum Gasteiger partial charge on any atom is -0.352 e. The predicted molar refractivity (Wildman–Crippen MR) is 143 cm³/mol. The monoisotopic (exact) mass is 512 g/mol. The molecule has 0 aliphatic carbocycles. The smallest absolute Gasteiger partial charge is 0.223 e. The number of benzene rings is 2. The van der Waals surface area contributed by atoms with Gasteiger partial charge in [0.15, 0.2) is 0 Å². The van der Waals surface area contributed by atoms with Gasteiger partial charge in [0.05, 0.1) is 6.04 Å². The third kappa shape index (κ3) is 5.59. The zero-order valence-corrected chi connectivity index (χ0v) is 21.9. The molecule has 2 aromatic rings. The maximum atomic E-state index is 13.1. The third-order valence-corrected chi connectivity index (χ3v) is 8.42. The molecule has 35 heavy (non-hydrogen) atoms. The molecule has 2 saturated heterocycles.